The third-order valence-electron chi connectivity index (χ3n) is 2.21. The fourth-order valence-corrected chi connectivity index (χ4v) is 1.52. The summed E-state index contributed by atoms with van der Waals surface area (Å²) in [6.07, 6.45) is 1.76. The van der Waals surface area contributed by atoms with Gasteiger partial charge in [0.15, 0.2) is 6.29 Å². The number of hydrogen-bond donors (Lipinski definition) is 2. The second kappa shape index (κ2) is 4.97. The van der Waals surface area contributed by atoms with E-state index >= 15 is 0 Å². The van der Waals surface area contributed by atoms with E-state index < -0.39 is 5.82 Å². The van der Waals surface area contributed by atoms with E-state index in [0.29, 0.717) is 12.0 Å². The standard InChI is InChI=1S/C11H8ClFN4O/c12-8-3-6(1-2-9(8)13)17-11-7(4-18)10(14)15-5-16-11/h1-5H,(H3,14,15,16,17). The molecule has 0 unspecified atom stereocenters. The highest BCUT2D eigenvalue weighted by molar-refractivity contribution is 6.31. The number of halogens is 2. The number of aromatic nitrogens is 2. The number of nitrogens with two attached hydrogens (primary N) is 1. The van der Waals surface area contributed by atoms with Crippen molar-refractivity contribution in [2.45, 2.75) is 0 Å². The molecule has 0 saturated heterocycles. The Hall–Kier alpha value is -2.21. The van der Waals surface area contributed by atoms with Crippen LogP contribution in [0.25, 0.3) is 0 Å². The molecule has 2 rings (SSSR count). The summed E-state index contributed by atoms with van der Waals surface area (Å²) in [5, 5.41) is 2.79. The van der Waals surface area contributed by atoms with Crippen molar-refractivity contribution in [1.29, 1.82) is 0 Å². The van der Waals surface area contributed by atoms with Gasteiger partial charge in [-0.3, -0.25) is 4.79 Å². The molecule has 18 heavy (non-hydrogen) atoms. The molecule has 0 saturated carbocycles. The predicted octanol–water partition coefficient (Wildman–Crippen LogP) is 2.41. The summed E-state index contributed by atoms with van der Waals surface area (Å²) in [7, 11) is 0. The zero-order chi connectivity index (χ0) is 13.1. The minimum atomic E-state index is -0.528. The number of hydrogen-bond acceptors (Lipinski definition) is 5. The molecule has 0 atom stereocenters. The predicted molar refractivity (Wildman–Crippen MR) is 66.5 cm³/mol. The molecule has 0 aliphatic rings. The topological polar surface area (TPSA) is 80.9 Å². The smallest absolute Gasteiger partial charge is 0.157 e. The van der Waals surface area contributed by atoms with E-state index in [1.165, 1.54) is 24.5 Å². The number of carbonyl (C=O) groups is 1. The van der Waals surface area contributed by atoms with Crippen molar-refractivity contribution >= 4 is 35.2 Å². The first-order valence-corrected chi connectivity index (χ1v) is 5.27. The van der Waals surface area contributed by atoms with Crippen molar-refractivity contribution < 1.29 is 9.18 Å². The minimum Gasteiger partial charge on any atom is -0.383 e. The summed E-state index contributed by atoms with van der Waals surface area (Å²) in [4.78, 5) is 18.5. The summed E-state index contributed by atoms with van der Waals surface area (Å²) in [6, 6.07) is 4.05. The number of aldehydes is 1. The maximum Gasteiger partial charge on any atom is 0.157 e. The average Bonchev–Trinajstić information content (AvgIpc) is 2.34. The highest BCUT2D eigenvalue weighted by Crippen LogP contribution is 2.24. The third-order valence-corrected chi connectivity index (χ3v) is 2.50. The van der Waals surface area contributed by atoms with Crippen molar-refractivity contribution in [2.75, 3.05) is 11.1 Å². The Labute approximate surface area is 107 Å². The van der Waals surface area contributed by atoms with Crippen LogP contribution in [0, 0.1) is 5.82 Å². The summed E-state index contributed by atoms with van der Waals surface area (Å²) in [5.74, 6) is -0.226. The van der Waals surface area contributed by atoms with Crippen LogP contribution in [-0.4, -0.2) is 16.3 Å². The van der Waals surface area contributed by atoms with Gasteiger partial charge in [0.25, 0.3) is 0 Å². The molecule has 7 heteroatoms. The summed E-state index contributed by atoms with van der Waals surface area (Å²) in [5.41, 5.74) is 6.16. The molecule has 0 aliphatic carbocycles. The number of rotatable bonds is 3. The quantitative estimate of drug-likeness (QED) is 0.834. The van der Waals surface area contributed by atoms with Gasteiger partial charge in [0, 0.05) is 5.69 Å². The largest absolute Gasteiger partial charge is 0.383 e. The zero-order valence-corrected chi connectivity index (χ0v) is 9.78. The van der Waals surface area contributed by atoms with Crippen LogP contribution < -0.4 is 11.1 Å². The van der Waals surface area contributed by atoms with Crippen LogP contribution >= 0.6 is 11.6 Å². The lowest BCUT2D eigenvalue weighted by molar-refractivity contribution is 0.112. The molecule has 0 radical (unpaired) electrons. The van der Waals surface area contributed by atoms with Crippen LogP contribution in [0.5, 0.6) is 0 Å². The van der Waals surface area contributed by atoms with Crippen molar-refractivity contribution in [1.82, 2.24) is 9.97 Å². The SMILES string of the molecule is Nc1ncnc(Nc2ccc(F)c(Cl)c2)c1C=O. The van der Waals surface area contributed by atoms with Crippen molar-refractivity contribution in [3.63, 3.8) is 0 Å². The van der Waals surface area contributed by atoms with Crippen LogP contribution in [0.4, 0.5) is 21.7 Å². The molecule has 0 amide bonds. The van der Waals surface area contributed by atoms with Crippen LogP contribution in [0.15, 0.2) is 24.5 Å². The Morgan fingerprint density at radius 3 is 2.83 bits per heavy atom. The summed E-state index contributed by atoms with van der Waals surface area (Å²) < 4.78 is 13.0. The number of benzene rings is 1. The Bertz CT molecular complexity index is 606. The van der Waals surface area contributed by atoms with Gasteiger partial charge < -0.3 is 11.1 Å². The van der Waals surface area contributed by atoms with Crippen molar-refractivity contribution in [3.8, 4) is 0 Å². The van der Waals surface area contributed by atoms with E-state index in [2.05, 4.69) is 15.3 Å². The highest BCUT2D eigenvalue weighted by Gasteiger charge is 2.09. The monoisotopic (exact) mass is 266 g/mol. The first-order chi connectivity index (χ1) is 8.61. The normalized spacial score (nSPS) is 10.1. The van der Waals surface area contributed by atoms with E-state index in [-0.39, 0.29) is 22.2 Å². The second-order valence-electron chi connectivity index (χ2n) is 3.39. The van der Waals surface area contributed by atoms with E-state index in [9.17, 15) is 9.18 Å². The number of nitrogens with one attached hydrogen (secondary N) is 1. The van der Waals surface area contributed by atoms with Gasteiger partial charge in [0.1, 0.15) is 23.8 Å². The van der Waals surface area contributed by atoms with Crippen LogP contribution in [0.3, 0.4) is 0 Å². The molecule has 1 aromatic heterocycles. The molecule has 3 N–H and O–H groups in total. The van der Waals surface area contributed by atoms with Crippen molar-refractivity contribution in [3.05, 3.63) is 40.9 Å². The van der Waals surface area contributed by atoms with E-state index in [0.717, 1.165) is 0 Å². The van der Waals surface area contributed by atoms with Crippen molar-refractivity contribution in [2.24, 2.45) is 0 Å². The Balaban J connectivity index is 2.36. The summed E-state index contributed by atoms with van der Waals surface area (Å²) >= 11 is 5.64. The van der Waals surface area contributed by atoms with E-state index in [1.54, 1.807) is 0 Å². The van der Waals surface area contributed by atoms with Gasteiger partial charge in [-0.25, -0.2) is 14.4 Å². The maximum atomic E-state index is 13.0. The average molecular weight is 267 g/mol. The first kappa shape index (κ1) is 12.3. The molecule has 0 aliphatic heterocycles. The Morgan fingerprint density at radius 2 is 2.17 bits per heavy atom. The molecule has 1 aromatic carbocycles. The fourth-order valence-electron chi connectivity index (χ4n) is 1.34. The molecule has 0 fully saturated rings. The molecule has 0 bridgehead atoms. The lowest BCUT2D eigenvalue weighted by Gasteiger charge is -2.08. The molecule has 0 spiro atoms. The zero-order valence-electron chi connectivity index (χ0n) is 9.02. The maximum absolute atomic E-state index is 13.0. The van der Waals surface area contributed by atoms with Gasteiger partial charge in [-0.1, -0.05) is 11.6 Å². The fraction of sp³-hybridized carbons (Fsp3) is 0. The number of nitrogens with zero attached hydrogens (tertiary/aromatic N) is 2. The van der Waals surface area contributed by atoms with Crippen LogP contribution in [-0.2, 0) is 0 Å². The molecule has 92 valence electrons. The highest BCUT2D eigenvalue weighted by atomic mass is 35.5. The van der Waals surface area contributed by atoms with Crippen LogP contribution in [0.1, 0.15) is 10.4 Å². The number of nitrogen functional groups attached to an aromatic ring is 1. The van der Waals surface area contributed by atoms with Crippen LogP contribution in [0.2, 0.25) is 5.02 Å². The van der Waals surface area contributed by atoms with Gasteiger partial charge in [-0.05, 0) is 18.2 Å². The van der Waals surface area contributed by atoms with Gasteiger partial charge in [0.2, 0.25) is 0 Å². The second-order valence-corrected chi connectivity index (χ2v) is 3.80. The van der Waals surface area contributed by atoms with E-state index in [4.69, 9.17) is 17.3 Å². The minimum absolute atomic E-state index is 0.0327. The molecule has 2 aromatic rings. The van der Waals surface area contributed by atoms with Gasteiger partial charge in [0.05, 0.1) is 10.6 Å². The molecule has 1 heterocycles. The molecular formula is C11H8ClFN4O. The van der Waals surface area contributed by atoms with Gasteiger partial charge in [-0.2, -0.15) is 0 Å². The van der Waals surface area contributed by atoms with E-state index in [1.807, 2.05) is 0 Å². The Kier molecular flexibility index (Phi) is 3.38. The van der Waals surface area contributed by atoms with Gasteiger partial charge in [-0.15, -0.1) is 0 Å². The third kappa shape index (κ3) is 2.38. The first-order valence-electron chi connectivity index (χ1n) is 4.89. The lowest BCUT2D eigenvalue weighted by atomic mass is 10.2. The summed E-state index contributed by atoms with van der Waals surface area (Å²) in [6.45, 7) is 0. The number of anilines is 3. The molecular weight excluding hydrogens is 259 g/mol. The Morgan fingerprint density at radius 1 is 1.39 bits per heavy atom. The lowest BCUT2D eigenvalue weighted by Crippen LogP contribution is -2.04. The number of carbonyl (C=O) groups excluding carboxylic acids is 1. The van der Waals surface area contributed by atoms with Gasteiger partial charge >= 0.3 is 0 Å². The molecule has 5 nitrogen and oxygen atoms in total.